The minimum Gasteiger partial charge on any atom is -0.480 e. The van der Waals surface area contributed by atoms with Gasteiger partial charge in [-0.3, -0.25) is 14.4 Å². The lowest BCUT2D eigenvalue weighted by Crippen LogP contribution is -2.49. The Morgan fingerprint density at radius 2 is 1.68 bits per heavy atom. The number of hydrogen-bond acceptors (Lipinski definition) is 5. The topological polar surface area (TPSA) is 121 Å². The first-order chi connectivity index (χ1) is 14.4. The second kappa shape index (κ2) is 9.67. The van der Waals surface area contributed by atoms with Crippen LogP contribution in [-0.2, 0) is 24.2 Å². The summed E-state index contributed by atoms with van der Waals surface area (Å²) in [5.74, 6) is -2.60. The fraction of sp³-hybridized carbons (Fsp3) is 0.526. The van der Waals surface area contributed by atoms with Crippen LogP contribution in [0.15, 0.2) is 29.2 Å². The quantitative estimate of drug-likeness (QED) is 0.639. The van der Waals surface area contributed by atoms with Gasteiger partial charge in [0.2, 0.25) is 11.8 Å². The predicted molar refractivity (Wildman–Crippen MR) is 102 cm³/mol. The Hall–Kier alpha value is -2.63. The molecule has 0 spiro atoms. The van der Waals surface area contributed by atoms with Crippen molar-refractivity contribution in [2.24, 2.45) is 0 Å². The van der Waals surface area contributed by atoms with E-state index in [1.807, 2.05) is 0 Å². The summed E-state index contributed by atoms with van der Waals surface area (Å²) in [4.78, 5) is 36.4. The second-order valence-corrected chi connectivity index (χ2v) is 9.19. The zero-order valence-electron chi connectivity index (χ0n) is 16.7. The molecule has 1 unspecified atom stereocenters. The molecule has 8 nitrogen and oxygen atoms in total. The third-order valence-electron chi connectivity index (χ3n) is 5.08. The standard InChI is InChI=1S/C19H23F3N2O6S/c1-12(25)24(14-5-3-2-4-6-14)17(18(28)23-11-16(26)27)13-7-9-15(10-8-13)31(29,30)19(20,21)22/h7-10,14,17H,2-6,11H2,1H3,(H,23,28)(H,26,27). The molecule has 0 radical (unpaired) electrons. The monoisotopic (exact) mass is 464 g/mol. The van der Waals surface area contributed by atoms with Gasteiger partial charge in [-0.25, -0.2) is 8.42 Å². The number of carboxylic acid groups (broad SMARTS) is 1. The van der Waals surface area contributed by atoms with Crippen LogP contribution >= 0.6 is 0 Å². The van der Waals surface area contributed by atoms with Crippen LogP contribution in [0.3, 0.4) is 0 Å². The van der Waals surface area contributed by atoms with Crippen LogP contribution in [0.25, 0.3) is 0 Å². The van der Waals surface area contributed by atoms with Crippen LogP contribution < -0.4 is 5.32 Å². The molecule has 1 aromatic carbocycles. The van der Waals surface area contributed by atoms with Crippen molar-refractivity contribution < 1.29 is 41.1 Å². The zero-order chi connectivity index (χ0) is 23.4. The van der Waals surface area contributed by atoms with Gasteiger partial charge in [0.25, 0.3) is 9.84 Å². The first kappa shape index (κ1) is 24.6. The van der Waals surface area contributed by atoms with Crippen LogP contribution in [0.2, 0.25) is 0 Å². The summed E-state index contributed by atoms with van der Waals surface area (Å²) in [5, 5.41) is 11.0. The maximum Gasteiger partial charge on any atom is 0.501 e. The summed E-state index contributed by atoms with van der Waals surface area (Å²) in [6, 6.07) is 1.86. The lowest BCUT2D eigenvalue weighted by Gasteiger charge is -2.39. The molecule has 1 saturated carbocycles. The molecule has 31 heavy (non-hydrogen) atoms. The Bertz CT molecular complexity index is 925. The molecule has 172 valence electrons. The molecule has 0 aliphatic heterocycles. The number of halogens is 3. The van der Waals surface area contributed by atoms with Gasteiger partial charge in [0.05, 0.1) is 4.90 Å². The van der Waals surface area contributed by atoms with E-state index in [1.54, 1.807) is 0 Å². The number of carboxylic acids is 1. The smallest absolute Gasteiger partial charge is 0.480 e. The number of rotatable bonds is 7. The number of hydrogen-bond donors (Lipinski definition) is 2. The largest absolute Gasteiger partial charge is 0.501 e. The normalized spacial score (nSPS) is 16.4. The molecule has 1 atom stereocenters. The Morgan fingerprint density at radius 3 is 2.13 bits per heavy atom. The van der Waals surface area contributed by atoms with E-state index in [-0.39, 0.29) is 11.6 Å². The van der Waals surface area contributed by atoms with Crippen LogP contribution in [-0.4, -0.2) is 54.3 Å². The number of benzene rings is 1. The highest BCUT2D eigenvalue weighted by molar-refractivity contribution is 7.92. The highest BCUT2D eigenvalue weighted by Crippen LogP contribution is 2.34. The molecular formula is C19H23F3N2O6S. The Morgan fingerprint density at radius 1 is 1.13 bits per heavy atom. The van der Waals surface area contributed by atoms with Gasteiger partial charge in [-0.1, -0.05) is 31.4 Å². The molecule has 2 rings (SSSR count). The molecule has 0 bridgehead atoms. The number of carbonyl (C=O) groups is 3. The van der Waals surface area contributed by atoms with Crippen LogP contribution in [0.1, 0.15) is 50.6 Å². The SMILES string of the molecule is CC(=O)N(C1CCCCC1)C(C(=O)NCC(=O)O)c1ccc(S(=O)(=O)C(F)(F)F)cc1. The van der Waals surface area contributed by atoms with Crippen molar-refractivity contribution in [3.63, 3.8) is 0 Å². The number of amides is 2. The summed E-state index contributed by atoms with van der Waals surface area (Å²) in [6.07, 6.45) is 3.83. The van der Waals surface area contributed by atoms with E-state index in [0.717, 1.165) is 43.5 Å². The Kier molecular flexibility index (Phi) is 7.68. The predicted octanol–water partition coefficient (Wildman–Crippen LogP) is 2.40. The minimum atomic E-state index is -5.58. The minimum absolute atomic E-state index is 0.0739. The number of sulfone groups is 1. The van der Waals surface area contributed by atoms with Gasteiger partial charge in [-0.15, -0.1) is 0 Å². The van der Waals surface area contributed by atoms with Crippen LogP contribution in [0.4, 0.5) is 13.2 Å². The molecule has 2 N–H and O–H groups in total. The van der Waals surface area contributed by atoms with Crippen LogP contribution in [0, 0.1) is 0 Å². The van der Waals surface area contributed by atoms with E-state index in [9.17, 15) is 36.0 Å². The van der Waals surface area contributed by atoms with Crippen molar-refractivity contribution in [3.8, 4) is 0 Å². The van der Waals surface area contributed by atoms with Gasteiger partial charge >= 0.3 is 11.5 Å². The second-order valence-electron chi connectivity index (χ2n) is 7.25. The van der Waals surface area contributed by atoms with Gasteiger partial charge in [0, 0.05) is 13.0 Å². The van der Waals surface area contributed by atoms with Gasteiger partial charge in [-0.2, -0.15) is 13.2 Å². The molecular weight excluding hydrogens is 441 g/mol. The van der Waals surface area contributed by atoms with Crippen LogP contribution in [0.5, 0.6) is 0 Å². The molecule has 1 aromatic rings. The Labute approximate surface area is 177 Å². The van der Waals surface area contributed by atoms with E-state index >= 15 is 0 Å². The lowest BCUT2D eigenvalue weighted by atomic mass is 9.91. The highest BCUT2D eigenvalue weighted by Gasteiger charge is 2.47. The average molecular weight is 464 g/mol. The first-order valence-corrected chi connectivity index (χ1v) is 11.0. The summed E-state index contributed by atoms with van der Waals surface area (Å²) in [5.41, 5.74) is -5.41. The van der Waals surface area contributed by atoms with E-state index in [1.165, 1.54) is 11.8 Å². The molecule has 0 saturated heterocycles. The van der Waals surface area contributed by atoms with E-state index in [4.69, 9.17) is 5.11 Å². The van der Waals surface area contributed by atoms with Gasteiger partial charge in [-0.05, 0) is 30.5 Å². The molecule has 2 amide bonds. The fourth-order valence-electron chi connectivity index (χ4n) is 3.67. The third kappa shape index (κ3) is 5.75. The molecule has 12 heteroatoms. The molecule has 0 heterocycles. The summed E-state index contributed by atoms with van der Waals surface area (Å²) >= 11 is 0. The lowest BCUT2D eigenvalue weighted by molar-refractivity contribution is -0.144. The Balaban J connectivity index is 2.47. The summed E-state index contributed by atoms with van der Waals surface area (Å²) in [6.45, 7) is 0.529. The number of aliphatic carboxylic acids is 1. The number of alkyl halides is 3. The first-order valence-electron chi connectivity index (χ1n) is 9.56. The van der Waals surface area contributed by atoms with E-state index in [2.05, 4.69) is 5.32 Å². The highest BCUT2D eigenvalue weighted by atomic mass is 32.2. The zero-order valence-corrected chi connectivity index (χ0v) is 17.5. The summed E-state index contributed by atoms with van der Waals surface area (Å²) < 4.78 is 61.6. The van der Waals surface area contributed by atoms with Crippen molar-refractivity contribution in [2.45, 2.75) is 61.5 Å². The van der Waals surface area contributed by atoms with Crippen molar-refractivity contribution >= 4 is 27.6 Å². The maximum atomic E-state index is 12.8. The molecule has 1 aliphatic carbocycles. The van der Waals surface area contributed by atoms with Crippen molar-refractivity contribution in [1.29, 1.82) is 0 Å². The van der Waals surface area contributed by atoms with Gasteiger partial charge in [0.15, 0.2) is 0 Å². The van der Waals surface area contributed by atoms with Crippen molar-refractivity contribution in [1.82, 2.24) is 10.2 Å². The summed E-state index contributed by atoms with van der Waals surface area (Å²) in [7, 11) is -5.58. The molecule has 0 aromatic heterocycles. The average Bonchev–Trinajstić information content (AvgIpc) is 2.69. The number of nitrogens with zero attached hydrogens (tertiary/aromatic N) is 1. The third-order valence-corrected chi connectivity index (χ3v) is 6.59. The van der Waals surface area contributed by atoms with E-state index < -0.39 is 50.6 Å². The number of nitrogens with one attached hydrogen (secondary N) is 1. The van der Waals surface area contributed by atoms with Crippen molar-refractivity contribution in [2.75, 3.05) is 6.54 Å². The van der Waals surface area contributed by atoms with E-state index in [0.29, 0.717) is 12.8 Å². The van der Waals surface area contributed by atoms with Gasteiger partial charge < -0.3 is 15.3 Å². The molecule has 1 fully saturated rings. The van der Waals surface area contributed by atoms with Gasteiger partial charge in [0.1, 0.15) is 12.6 Å². The number of carbonyl (C=O) groups excluding carboxylic acids is 2. The van der Waals surface area contributed by atoms with Crippen molar-refractivity contribution in [3.05, 3.63) is 29.8 Å². The fourth-order valence-corrected chi connectivity index (χ4v) is 4.43. The molecule has 1 aliphatic rings. The maximum absolute atomic E-state index is 12.8.